The standard InChI is InChI=1S/C18H28N2/c1-4-20-11-9-18(10-12-20)13-14(2)16-7-5-6-8-17(16)15(3)19-18/h5-8,14-15,19H,4,9-13H2,1-3H3. The molecule has 0 amide bonds. The van der Waals surface area contributed by atoms with Crippen molar-refractivity contribution in [1.82, 2.24) is 10.2 Å². The molecule has 2 atom stereocenters. The summed E-state index contributed by atoms with van der Waals surface area (Å²) in [5.41, 5.74) is 3.42. The summed E-state index contributed by atoms with van der Waals surface area (Å²) in [7, 11) is 0. The Bertz CT molecular complexity index is 427. The summed E-state index contributed by atoms with van der Waals surface area (Å²) in [5.74, 6) is 0.664. The van der Waals surface area contributed by atoms with Gasteiger partial charge in [-0.3, -0.25) is 0 Å². The van der Waals surface area contributed by atoms with Crippen LogP contribution in [0.2, 0.25) is 0 Å². The van der Waals surface area contributed by atoms with Gasteiger partial charge in [0, 0.05) is 11.6 Å². The Morgan fingerprint density at radius 3 is 2.45 bits per heavy atom. The first-order chi connectivity index (χ1) is 9.63. The van der Waals surface area contributed by atoms with Gasteiger partial charge < -0.3 is 10.2 Å². The Labute approximate surface area is 123 Å². The van der Waals surface area contributed by atoms with Crippen molar-refractivity contribution >= 4 is 0 Å². The van der Waals surface area contributed by atoms with Crippen LogP contribution in [0.4, 0.5) is 0 Å². The first-order valence-electron chi connectivity index (χ1n) is 8.22. The molecule has 20 heavy (non-hydrogen) atoms. The number of nitrogens with zero attached hydrogens (tertiary/aromatic N) is 1. The number of fused-ring (bicyclic) bond motifs is 1. The molecule has 0 aromatic heterocycles. The lowest BCUT2D eigenvalue weighted by Gasteiger charge is -2.44. The van der Waals surface area contributed by atoms with Crippen LogP contribution in [0.15, 0.2) is 24.3 Å². The molecular weight excluding hydrogens is 244 g/mol. The lowest BCUT2D eigenvalue weighted by atomic mass is 9.79. The molecular formula is C18H28N2. The number of rotatable bonds is 1. The van der Waals surface area contributed by atoms with Crippen molar-refractivity contribution in [2.75, 3.05) is 19.6 Å². The molecule has 2 heterocycles. The molecule has 1 spiro atoms. The van der Waals surface area contributed by atoms with Crippen LogP contribution in [0.3, 0.4) is 0 Å². The highest BCUT2D eigenvalue weighted by Crippen LogP contribution is 2.40. The van der Waals surface area contributed by atoms with Crippen molar-refractivity contribution in [2.24, 2.45) is 0 Å². The molecule has 1 fully saturated rings. The van der Waals surface area contributed by atoms with Crippen LogP contribution in [-0.4, -0.2) is 30.1 Å². The second kappa shape index (κ2) is 5.50. The summed E-state index contributed by atoms with van der Waals surface area (Å²) < 4.78 is 0. The van der Waals surface area contributed by atoms with E-state index in [4.69, 9.17) is 0 Å². The van der Waals surface area contributed by atoms with Gasteiger partial charge in [-0.2, -0.15) is 0 Å². The maximum atomic E-state index is 4.00. The lowest BCUT2D eigenvalue weighted by molar-refractivity contribution is 0.121. The second-order valence-electron chi connectivity index (χ2n) is 6.81. The summed E-state index contributed by atoms with van der Waals surface area (Å²) in [4.78, 5) is 2.58. The fourth-order valence-corrected chi connectivity index (χ4v) is 4.29. The van der Waals surface area contributed by atoms with Gasteiger partial charge in [-0.25, -0.2) is 0 Å². The van der Waals surface area contributed by atoms with Crippen molar-refractivity contribution in [3.8, 4) is 0 Å². The summed E-state index contributed by atoms with van der Waals surface area (Å²) in [6.07, 6.45) is 3.87. The summed E-state index contributed by atoms with van der Waals surface area (Å²) in [6.45, 7) is 10.7. The molecule has 110 valence electrons. The largest absolute Gasteiger partial charge is 0.305 e. The van der Waals surface area contributed by atoms with Gasteiger partial charge in [0.1, 0.15) is 0 Å². The van der Waals surface area contributed by atoms with E-state index in [1.54, 1.807) is 5.56 Å². The molecule has 1 N–H and O–H groups in total. The fourth-order valence-electron chi connectivity index (χ4n) is 4.29. The first-order valence-corrected chi connectivity index (χ1v) is 8.22. The maximum Gasteiger partial charge on any atom is 0.0299 e. The molecule has 2 aliphatic heterocycles. The van der Waals surface area contributed by atoms with Crippen molar-refractivity contribution in [1.29, 1.82) is 0 Å². The number of hydrogen-bond donors (Lipinski definition) is 1. The van der Waals surface area contributed by atoms with Gasteiger partial charge in [0.25, 0.3) is 0 Å². The highest BCUT2D eigenvalue weighted by atomic mass is 15.2. The van der Waals surface area contributed by atoms with E-state index in [0.717, 1.165) is 0 Å². The van der Waals surface area contributed by atoms with Crippen molar-refractivity contribution < 1.29 is 0 Å². The topological polar surface area (TPSA) is 15.3 Å². The predicted octanol–water partition coefficient (Wildman–Crippen LogP) is 3.70. The van der Waals surface area contributed by atoms with Gasteiger partial charge in [0.15, 0.2) is 0 Å². The normalized spacial score (nSPS) is 29.9. The van der Waals surface area contributed by atoms with E-state index in [9.17, 15) is 0 Å². The van der Waals surface area contributed by atoms with Gasteiger partial charge in [-0.1, -0.05) is 38.1 Å². The average molecular weight is 272 g/mol. The number of likely N-dealkylation sites (tertiary alicyclic amines) is 1. The monoisotopic (exact) mass is 272 g/mol. The summed E-state index contributed by atoms with van der Waals surface area (Å²) >= 11 is 0. The predicted molar refractivity (Wildman–Crippen MR) is 85.1 cm³/mol. The summed E-state index contributed by atoms with van der Waals surface area (Å²) in [6, 6.07) is 9.49. The zero-order valence-corrected chi connectivity index (χ0v) is 13.2. The van der Waals surface area contributed by atoms with Crippen LogP contribution in [0, 0.1) is 0 Å². The molecule has 1 aromatic rings. The Balaban J connectivity index is 1.85. The van der Waals surface area contributed by atoms with E-state index in [0.29, 0.717) is 17.5 Å². The van der Waals surface area contributed by atoms with Crippen molar-refractivity contribution in [3.05, 3.63) is 35.4 Å². The van der Waals surface area contributed by atoms with E-state index in [1.165, 1.54) is 44.5 Å². The summed E-state index contributed by atoms with van der Waals surface area (Å²) in [5, 5.41) is 4.00. The Morgan fingerprint density at radius 2 is 1.80 bits per heavy atom. The van der Waals surface area contributed by atoms with E-state index in [-0.39, 0.29) is 0 Å². The number of benzene rings is 1. The van der Waals surface area contributed by atoms with Crippen LogP contribution in [0.5, 0.6) is 0 Å². The van der Waals surface area contributed by atoms with E-state index < -0.39 is 0 Å². The van der Waals surface area contributed by atoms with Crippen LogP contribution < -0.4 is 5.32 Å². The van der Waals surface area contributed by atoms with Gasteiger partial charge in [0.2, 0.25) is 0 Å². The third-order valence-electron chi connectivity index (χ3n) is 5.47. The lowest BCUT2D eigenvalue weighted by Crippen LogP contribution is -2.53. The van der Waals surface area contributed by atoms with Crippen LogP contribution in [-0.2, 0) is 0 Å². The highest BCUT2D eigenvalue weighted by Gasteiger charge is 2.39. The molecule has 0 radical (unpaired) electrons. The van der Waals surface area contributed by atoms with Gasteiger partial charge in [0.05, 0.1) is 0 Å². The van der Waals surface area contributed by atoms with Gasteiger partial charge in [-0.15, -0.1) is 0 Å². The molecule has 2 unspecified atom stereocenters. The van der Waals surface area contributed by atoms with Crippen LogP contribution in [0.1, 0.15) is 63.1 Å². The maximum absolute atomic E-state index is 4.00. The number of piperidine rings is 1. The average Bonchev–Trinajstić information content (AvgIpc) is 2.57. The molecule has 1 aromatic carbocycles. The minimum Gasteiger partial charge on any atom is -0.305 e. The molecule has 2 heteroatoms. The minimum atomic E-state index is 0.351. The van der Waals surface area contributed by atoms with Crippen molar-refractivity contribution in [3.63, 3.8) is 0 Å². The molecule has 0 saturated carbocycles. The van der Waals surface area contributed by atoms with Crippen molar-refractivity contribution in [2.45, 2.75) is 57.5 Å². The third-order valence-corrected chi connectivity index (χ3v) is 5.47. The van der Waals surface area contributed by atoms with Gasteiger partial charge >= 0.3 is 0 Å². The fraction of sp³-hybridized carbons (Fsp3) is 0.667. The van der Waals surface area contributed by atoms with E-state index >= 15 is 0 Å². The van der Waals surface area contributed by atoms with E-state index in [2.05, 4.69) is 55.3 Å². The quantitative estimate of drug-likeness (QED) is 0.838. The third kappa shape index (κ3) is 2.51. The zero-order chi connectivity index (χ0) is 14.2. The second-order valence-corrected chi connectivity index (χ2v) is 6.81. The molecule has 0 bridgehead atoms. The smallest absolute Gasteiger partial charge is 0.0299 e. The van der Waals surface area contributed by atoms with Crippen LogP contribution >= 0.6 is 0 Å². The molecule has 2 aliphatic rings. The number of nitrogens with one attached hydrogen (secondary N) is 1. The van der Waals surface area contributed by atoms with Crippen LogP contribution in [0.25, 0.3) is 0 Å². The highest BCUT2D eigenvalue weighted by molar-refractivity contribution is 5.34. The van der Waals surface area contributed by atoms with E-state index in [1.807, 2.05) is 0 Å². The molecule has 1 saturated heterocycles. The molecule has 0 aliphatic carbocycles. The first kappa shape index (κ1) is 14.1. The Morgan fingerprint density at radius 1 is 1.15 bits per heavy atom. The Hall–Kier alpha value is -0.860. The number of hydrogen-bond acceptors (Lipinski definition) is 2. The van der Waals surface area contributed by atoms with Gasteiger partial charge in [-0.05, 0) is 62.9 Å². The minimum absolute atomic E-state index is 0.351. The zero-order valence-electron chi connectivity index (χ0n) is 13.2. The molecule has 2 nitrogen and oxygen atoms in total. The SMILES string of the molecule is CCN1CCC2(CC1)CC(C)c1ccccc1C(C)N2. The molecule has 3 rings (SSSR count). The Kier molecular flexibility index (Phi) is 3.87.